The highest BCUT2D eigenvalue weighted by atomic mass is 15.0. The zero-order valence-electron chi connectivity index (χ0n) is 63.3. The average Bonchev–Trinajstić information content (AvgIpc) is 1.49. The molecule has 0 aliphatic heterocycles. The lowest BCUT2D eigenvalue weighted by molar-refractivity contribution is 1.14. The second-order valence-electron chi connectivity index (χ2n) is 12.3. The van der Waals surface area contributed by atoms with E-state index in [-0.39, 0.29) is 0 Å². The van der Waals surface area contributed by atoms with Crippen molar-refractivity contribution in [3.05, 3.63) is 211 Å². The molecule has 0 aliphatic carbocycles. The third-order valence-corrected chi connectivity index (χ3v) is 9.23. The molecule has 3 heterocycles. The largest absolute Gasteiger partial charge is 0.309 e. The van der Waals surface area contributed by atoms with Crippen LogP contribution in [0.1, 0.15) is 48.0 Å². The first-order chi connectivity index (χ1) is 42.9. The first-order valence-electron chi connectivity index (χ1n) is 34.3. The highest BCUT2D eigenvalue weighted by Gasteiger charge is 2.19. The van der Waals surface area contributed by atoms with Gasteiger partial charge in [-0.1, -0.05) is 151 Å². The Morgan fingerprint density at radius 2 is 0.509 bits per heavy atom. The van der Waals surface area contributed by atoms with Crippen molar-refractivity contribution in [3.63, 3.8) is 0 Å². The van der Waals surface area contributed by atoms with E-state index in [9.17, 15) is 19.2 Å². The number of fused-ring (bicyclic) bond motifs is 9. The van der Waals surface area contributed by atoms with E-state index in [0.717, 1.165) is 0 Å². The number of nitrogens with zero attached hydrogens (tertiary/aromatic N) is 3. The van der Waals surface area contributed by atoms with Gasteiger partial charge in [0.05, 0.1) is 81.1 Å². The molecule has 3 aromatic heterocycles. The van der Waals surface area contributed by atoms with E-state index in [2.05, 4.69) is 0 Å². The Hall–Kier alpha value is -7.62. The van der Waals surface area contributed by atoms with Gasteiger partial charge in [-0.05, 0) is 82.7 Å². The van der Waals surface area contributed by atoms with Gasteiger partial charge in [0.15, 0.2) is 0 Å². The van der Waals surface area contributed by atoms with Crippen molar-refractivity contribution in [2.45, 2.75) is 0 Å². The van der Waals surface area contributed by atoms with Crippen molar-refractivity contribution in [3.8, 4) is 39.3 Å². The molecule has 0 unspecified atom stereocenters. The van der Waals surface area contributed by atoms with Crippen LogP contribution in [0.4, 0.5) is 0 Å². The van der Waals surface area contributed by atoms with Crippen molar-refractivity contribution in [2.75, 3.05) is 0 Å². The van der Waals surface area contributed by atoms with Crippen molar-refractivity contribution >= 4 is 65.4 Å². The second-order valence-corrected chi connectivity index (χ2v) is 12.3. The lowest BCUT2D eigenvalue weighted by Gasteiger charge is -2.13. The van der Waals surface area contributed by atoms with Gasteiger partial charge >= 0.3 is 0 Å². The van der Waals surface area contributed by atoms with Crippen LogP contribution >= 0.6 is 0 Å². The van der Waals surface area contributed by atoms with E-state index in [1.54, 1.807) is 0 Å². The number of hydrogen-bond donors (Lipinski definition) is 0. The summed E-state index contributed by atoms with van der Waals surface area (Å²) in [6.45, 7) is 0. The minimum Gasteiger partial charge on any atom is -0.309 e. The van der Waals surface area contributed by atoms with E-state index >= 15 is 0 Å². The van der Waals surface area contributed by atoms with Crippen molar-refractivity contribution in [2.24, 2.45) is 0 Å². The lowest BCUT2D eigenvalue weighted by Crippen LogP contribution is -1.98. The van der Waals surface area contributed by atoms with E-state index < -0.39 is 316 Å². The predicted molar refractivity (Wildman–Crippen MR) is 240 cm³/mol. The molecule has 0 aliphatic rings. The van der Waals surface area contributed by atoms with Gasteiger partial charge < -0.3 is 13.7 Å². The van der Waals surface area contributed by atoms with E-state index in [0.29, 0.717) is 13.7 Å². The van der Waals surface area contributed by atoms with Crippen LogP contribution in [-0.2, 0) is 0 Å². The van der Waals surface area contributed by atoms with Gasteiger partial charge in [0.1, 0.15) is 0 Å². The molecule has 0 amide bonds. The van der Waals surface area contributed by atoms with Gasteiger partial charge in [-0.3, -0.25) is 0 Å². The summed E-state index contributed by atoms with van der Waals surface area (Å²) in [5.41, 5.74) is -10.8. The Bertz CT molecular complexity index is 5420. The number of rotatable bonds is 5. The van der Waals surface area contributed by atoms with E-state index in [1.807, 2.05) is 0 Å². The van der Waals surface area contributed by atoms with Crippen LogP contribution < -0.4 is 0 Å². The minimum atomic E-state index is -1.20. The number of benzene rings is 9. The molecule has 266 valence electrons. The first kappa shape index (κ1) is 12.7. The predicted octanol–water partition coefficient (Wildman–Crippen LogP) is 14.3. The van der Waals surface area contributed by atoms with Gasteiger partial charge in [-0.15, -0.1) is 0 Å². The molecule has 0 radical (unpaired) electrons. The monoisotopic (exact) mass is 761 g/mol. The smallest absolute Gasteiger partial charge is 0.0667 e. The molecule has 12 rings (SSSR count). The van der Waals surface area contributed by atoms with Crippen LogP contribution in [0.2, 0.25) is 0 Å². The van der Waals surface area contributed by atoms with Gasteiger partial charge in [-0.2, -0.15) is 0 Å². The maximum atomic E-state index is 10.3. The maximum absolute atomic E-state index is 10.3. The third-order valence-electron chi connectivity index (χ3n) is 9.23. The van der Waals surface area contributed by atoms with Crippen molar-refractivity contribution in [1.82, 2.24) is 13.7 Å². The zero-order valence-corrected chi connectivity index (χ0v) is 28.3. The molecule has 0 saturated heterocycles. The fraction of sp³-hybridized carbons (Fsp3) is 0. The van der Waals surface area contributed by atoms with Gasteiger partial charge in [-0.25, -0.2) is 0 Å². The molecular formula is C54H35N3. The number of hydrogen-bond acceptors (Lipinski definition) is 0. The van der Waals surface area contributed by atoms with Crippen LogP contribution in [0, 0.1) is 0 Å². The summed E-state index contributed by atoms with van der Waals surface area (Å²) in [4.78, 5) is 0. The molecule has 0 atom stereocenters. The molecule has 9 aromatic carbocycles. The Kier molecular flexibility index (Phi) is 2.78. The minimum absolute atomic E-state index is 0.536. The van der Waals surface area contributed by atoms with Crippen molar-refractivity contribution < 1.29 is 48.0 Å². The van der Waals surface area contributed by atoms with Crippen LogP contribution in [0.15, 0.2) is 211 Å². The van der Waals surface area contributed by atoms with Crippen LogP contribution in [-0.4, -0.2) is 13.7 Å². The SMILES string of the molecule is [2H]c1c([2H])c([2H])c(-c2c([2H])c([2H])c(-c3c([2H])c([2H])c(-n4c5c([2H])c([2H])c([2H])c([2H])c5c5c([2H])c([2H])c(-n6c7c([2H])c([2H])c([2H])c([2H])c7c7c([2H])c([2H])c(-n8c9c([2H])c([2H])c([2H])c([2H])c9c9c([2H])c([2H])c([2H])c([2H])c98)c([2H])c76)c([2H])c54)c([2H])c3[2H])c([2H])c2[2H])c([2H])c1[2H]. The maximum Gasteiger partial charge on any atom is 0.0667 e. The zero-order chi connectivity index (χ0) is 67.9. The number of aromatic nitrogens is 3. The molecule has 0 saturated carbocycles. The Labute approximate surface area is 378 Å². The fourth-order valence-electron chi connectivity index (χ4n) is 6.80. The molecule has 0 spiro atoms. The average molecular weight is 761 g/mol. The molecule has 12 aromatic rings. The fourth-order valence-corrected chi connectivity index (χ4v) is 6.80. The van der Waals surface area contributed by atoms with Gasteiger partial charge in [0.2, 0.25) is 0 Å². The summed E-state index contributed by atoms with van der Waals surface area (Å²) < 4.78 is 321. The van der Waals surface area contributed by atoms with Crippen molar-refractivity contribution in [1.29, 1.82) is 0 Å². The second kappa shape index (κ2) is 12.5. The van der Waals surface area contributed by atoms with Crippen LogP contribution in [0.3, 0.4) is 0 Å². The molecular weight excluding hydrogens is 691 g/mol. The molecule has 3 nitrogen and oxygen atoms in total. The highest BCUT2D eigenvalue weighted by molar-refractivity contribution is 6.13. The normalized spacial score (nSPS) is 20.5. The summed E-state index contributed by atoms with van der Waals surface area (Å²) in [6, 6.07) is -35.0. The van der Waals surface area contributed by atoms with Gasteiger partial charge in [0, 0.05) is 49.4 Å². The first-order valence-corrected chi connectivity index (χ1v) is 16.8. The van der Waals surface area contributed by atoms with Crippen LogP contribution in [0.25, 0.3) is 105 Å². The van der Waals surface area contributed by atoms with Gasteiger partial charge in [0.25, 0.3) is 0 Å². The summed E-state index contributed by atoms with van der Waals surface area (Å²) in [5.74, 6) is 0. The van der Waals surface area contributed by atoms with E-state index in [1.165, 1.54) is 0 Å². The molecule has 0 N–H and O–H groups in total. The van der Waals surface area contributed by atoms with E-state index in [4.69, 9.17) is 28.8 Å². The topological polar surface area (TPSA) is 14.8 Å². The van der Waals surface area contributed by atoms with Crippen LogP contribution in [0.5, 0.6) is 0 Å². The Morgan fingerprint density at radius 3 is 0.930 bits per heavy atom. The Balaban J connectivity index is 1.27. The summed E-state index contributed by atoms with van der Waals surface area (Å²) in [5, 5.41) is -3.81. The lowest BCUT2D eigenvalue weighted by atomic mass is 10.0. The summed E-state index contributed by atoms with van der Waals surface area (Å²) in [6.07, 6.45) is 0. The third kappa shape index (κ3) is 4.86. The molecule has 0 fully saturated rings. The highest BCUT2D eigenvalue weighted by Crippen LogP contribution is 2.39. The quantitative estimate of drug-likeness (QED) is 0.166. The summed E-state index contributed by atoms with van der Waals surface area (Å²) >= 11 is 0. The molecule has 0 bridgehead atoms. The molecule has 3 heteroatoms. The molecule has 57 heavy (non-hydrogen) atoms. The standard InChI is InChI=1S/C54H35N3/c1-2-12-36(13-3-1)37-22-24-38(25-23-37)39-26-28-40(29-27-39)55-49-18-8-6-16-45(49)47-33-31-42(35-53(47)55)57-52-21-11-7-17-46(52)48-32-30-41(34-54(48)57)56-50-19-9-4-14-43(50)44-15-5-10-20-51(44)56/h1-35H/i1D,2D,3D,4D,5D,6D,7D,8D,9D,10D,11D,12D,13D,14D,15D,16D,17D,18D,19D,20D,21D,22D,23D,24D,25D,26D,27D,28D,29D,30D,31D,32D,33D,34D,35D. The summed E-state index contributed by atoms with van der Waals surface area (Å²) in [7, 11) is 0. The Morgan fingerprint density at radius 1 is 0.228 bits per heavy atom. The number of para-hydroxylation sites is 4.